The Labute approximate surface area is 148 Å². The van der Waals surface area contributed by atoms with E-state index in [9.17, 15) is 4.79 Å². The van der Waals surface area contributed by atoms with Gasteiger partial charge in [-0.05, 0) is 50.6 Å². The molecule has 24 heavy (non-hydrogen) atoms. The Morgan fingerprint density at radius 1 is 1.29 bits per heavy atom. The minimum Gasteiger partial charge on any atom is -0.466 e. The number of ether oxygens (including phenoxy) is 1. The van der Waals surface area contributed by atoms with E-state index in [-0.39, 0.29) is 11.9 Å². The van der Waals surface area contributed by atoms with Crippen LogP contribution in [0.15, 0.2) is 24.3 Å². The number of rotatable bonds is 5. The van der Waals surface area contributed by atoms with Crippen LogP contribution < -0.4 is 10.9 Å². The Kier molecular flexibility index (Phi) is 6.11. The van der Waals surface area contributed by atoms with Crippen molar-refractivity contribution in [1.29, 1.82) is 0 Å². The maximum Gasteiger partial charge on any atom is 0.309 e. The normalized spacial score (nSPS) is 25.8. The summed E-state index contributed by atoms with van der Waals surface area (Å²) in [5.74, 6) is 0.554. The van der Waals surface area contributed by atoms with Crippen molar-refractivity contribution in [2.24, 2.45) is 11.8 Å². The van der Waals surface area contributed by atoms with Crippen LogP contribution in [0.1, 0.15) is 31.4 Å². The molecule has 0 amide bonds. The number of piperidine rings is 1. The molecule has 5 nitrogen and oxygen atoms in total. The summed E-state index contributed by atoms with van der Waals surface area (Å²) in [7, 11) is 0. The highest BCUT2D eigenvalue weighted by molar-refractivity contribution is 6.30. The van der Waals surface area contributed by atoms with Crippen molar-refractivity contribution in [2.75, 3.05) is 32.8 Å². The van der Waals surface area contributed by atoms with Gasteiger partial charge in [0.2, 0.25) is 0 Å². The van der Waals surface area contributed by atoms with E-state index in [0.29, 0.717) is 18.6 Å². The molecule has 1 aromatic carbocycles. The van der Waals surface area contributed by atoms with E-state index in [1.54, 1.807) is 0 Å². The molecule has 0 aromatic heterocycles. The number of nitrogens with one attached hydrogen (secondary N) is 2. The first-order valence-electron chi connectivity index (χ1n) is 8.80. The highest BCUT2D eigenvalue weighted by atomic mass is 35.5. The summed E-state index contributed by atoms with van der Waals surface area (Å²) in [4.78, 5) is 14.3. The van der Waals surface area contributed by atoms with E-state index < -0.39 is 0 Å². The molecule has 2 unspecified atom stereocenters. The molecule has 2 aliphatic heterocycles. The molecule has 2 atom stereocenters. The quantitative estimate of drug-likeness (QED) is 0.798. The first-order chi connectivity index (χ1) is 11.7. The number of hydrogen-bond acceptors (Lipinski definition) is 5. The van der Waals surface area contributed by atoms with Gasteiger partial charge in [0, 0.05) is 24.0 Å². The van der Waals surface area contributed by atoms with Gasteiger partial charge in [-0.3, -0.25) is 10.2 Å². The molecule has 2 heterocycles. The SMILES string of the molecule is CCOC(=O)C1CCN(CC2CNNC2c2ccc(Cl)cc2)CC1. The fourth-order valence-electron chi connectivity index (χ4n) is 3.67. The Morgan fingerprint density at radius 2 is 2.00 bits per heavy atom. The van der Waals surface area contributed by atoms with E-state index >= 15 is 0 Å². The lowest BCUT2D eigenvalue weighted by molar-refractivity contribution is -0.149. The predicted octanol–water partition coefficient (Wildman–Crippen LogP) is 2.38. The minimum atomic E-state index is -0.0274. The summed E-state index contributed by atoms with van der Waals surface area (Å²) >= 11 is 5.99. The summed E-state index contributed by atoms with van der Waals surface area (Å²) in [5.41, 5.74) is 7.93. The third-order valence-corrected chi connectivity index (χ3v) is 5.27. The van der Waals surface area contributed by atoms with Crippen LogP contribution in [0.25, 0.3) is 0 Å². The smallest absolute Gasteiger partial charge is 0.309 e. The van der Waals surface area contributed by atoms with Gasteiger partial charge in [0.05, 0.1) is 18.6 Å². The lowest BCUT2D eigenvalue weighted by Crippen LogP contribution is -2.40. The summed E-state index contributed by atoms with van der Waals surface area (Å²) in [6.45, 7) is 6.25. The van der Waals surface area contributed by atoms with Crippen molar-refractivity contribution in [3.8, 4) is 0 Å². The maximum atomic E-state index is 11.8. The molecular formula is C18H26ClN3O2. The number of carbonyl (C=O) groups is 1. The van der Waals surface area contributed by atoms with Crippen LogP contribution in [0.3, 0.4) is 0 Å². The first-order valence-corrected chi connectivity index (χ1v) is 9.18. The molecular weight excluding hydrogens is 326 g/mol. The summed E-state index contributed by atoms with van der Waals surface area (Å²) < 4.78 is 5.15. The van der Waals surface area contributed by atoms with Gasteiger partial charge < -0.3 is 9.64 Å². The number of likely N-dealkylation sites (tertiary alicyclic amines) is 1. The van der Waals surface area contributed by atoms with Gasteiger partial charge in [-0.15, -0.1) is 0 Å². The van der Waals surface area contributed by atoms with Crippen molar-refractivity contribution in [3.05, 3.63) is 34.9 Å². The standard InChI is InChI=1S/C18H26ClN3O2/c1-2-24-18(23)14-7-9-22(10-8-14)12-15-11-20-21-17(15)13-3-5-16(19)6-4-13/h3-6,14-15,17,20-21H,2,7-12H2,1H3. The van der Waals surface area contributed by atoms with Gasteiger partial charge >= 0.3 is 5.97 Å². The number of carbonyl (C=O) groups excluding carboxylic acids is 1. The van der Waals surface area contributed by atoms with Crippen LogP contribution in [-0.4, -0.2) is 43.7 Å². The van der Waals surface area contributed by atoms with Crippen LogP contribution >= 0.6 is 11.6 Å². The monoisotopic (exact) mass is 351 g/mol. The molecule has 2 fully saturated rings. The van der Waals surface area contributed by atoms with Crippen LogP contribution in [0.4, 0.5) is 0 Å². The second-order valence-corrected chi connectivity index (χ2v) is 7.08. The summed E-state index contributed by atoms with van der Waals surface area (Å²) in [6.07, 6.45) is 1.80. The number of nitrogens with zero attached hydrogens (tertiary/aromatic N) is 1. The van der Waals surface area contributed by atoms with Gasteiger partial charge in [0.25, 0.3) is 0 Å². The highest BCUT2D eigenvalue weighted by Crippen LogP contribution is 2.28. The molecule has 2 N–H and O–H groups in total. The van der Waals surface area contributed by atoms with Crippen molar-refractivity contribution in [1.82, 2.24) is 15.8 Å². The highest BCUT2D eigenvalue weighted by Gasteiger charge is 2.32. The van der Waals surface area contributed by atoms with Crippen molar-refractivity contribution in [2.45, 2.75) is 25.8 Å². The van der Waals surface area contributed by atoms with Gasteiger partial charge in [-0.25, -0.2) is 5.43 Å². The molecule has 6 heteroatoms. The minimum absolute atomic E-state index is 0.0274. The third kappa shape index (κ3) is 4.28. The van der Waals surface area contributed by atoms with Crippen LogP contribution in [-0.2, 0) is 9.53 Å². The zero-order valence-electron chi connectivity index (χ0n) is 14.1. The molecule has 0 radical (unpaired) electrons. The second kappa shape index (κ2) is 8.30. The predicted molar refractivity (Wildman–Crippen MR) is 94.6 cm³/mol. The lowest BCUT2D eigenvalue weighted by atomic mass is 9.92. The van der Waals surface area contributed by atoms with E-state index in [4.69, 9.17) is 16.3 Å². The van der Waals surface area contributed by atoms with Gasteiger partial charge in [0.1, 0.15) is 0 Å². The van der Waals surface area contributed by atoms with Crippen molar-refractivity contribution in [3.63, 3.8) is 0 Å². The van der Waals surface area contributed by atoms with Crippen LogP contribution in [0, 0.1) is 11.8 Å². The number of benzene rings is 1. The van der Waals surface area contributed by atoms with Crippen molar-refractivity contribution >= 4 is 17.6 Å². The Hall–Kier alpha value is -1.14. The fraction of sp³-hybridized carbons (Fsp3) is 0.611. The Morgan fingerprint density at radius 3 is 2.67 bits per heavy atom. The van der Waals surface area contributed by atoms with Crippen LogP contribution in [0.2, 0.25) is 5.02 Å². The first kappa shape index (κ1) is 17.7. The summed E-state index contributed by atoms with van der Waals surface area (Å²) in [6, 6.07) is 8.36. The molecule has 2 aliphatic rings. The number of hydrogen-bond donors (Lipinski definition) is 2. The summed E-state index contributed by atoms with van der Waals surface area (Å²) in [5, 5.41) is 0.766. The van der Waals surface area contributed by atoms with Gasteiger partial charge in [-0.1, -0.05) is 23.7 Å². The van der Waals surface area contributed by atoms with Crippen molar-refractivity contribution < 1.29 is 9.53 Å². The second-order valence-electron chi connectivity index (χ2n) is 6.64. The van der Waals surface area contributed by atoms with Crippen LogP contribution in [0.5, 0.6) is 0 Å². The number of halogens is 1. The number of hydrazine groups is 1. The molecule has 132 valence electrons. The van der Waals surface area contributed by atoms with Gasteiger partial charge in [0.15, 0.2) is 0 Å². The zero-order valence-corrected chi connectivity index (χ0v) is 14.9. The van der Waals surface area contributed by atoms with E-state index in [2.05, 4.69) is 27.9 Å². The van der Waals surface area contributed by atoms with E-state index in [1.807, 2.05) is 19.1 Å². The molecule has 0 bridgehead atoms. The molecule has 1 aromatic rings. The average Bonchev–Trinajstić information content (AvgIpc) is 3.04. The lowest BCUT2D eigenvalue weighted by Gasteiger charge is -2.33. The fourth-order valence-corrected chi connectivity index (χ4v) is 3.80. The zero-order chi connectivity index (χ0) is 16.9. The maximum absolute atomic E-state index is 11.8. The largest absolute Gasteiger partial charge is 0.466 e. The molecule has 0 aliphatic carbocycles. The number of esters is 1. The Balaban J connectivity index is 1.52. The van der Waals surface area contributed by atoms with E-state index in [1.165, 1.54) is 5.56 Å². The van der Waals surface area contributed by atoms with E-state index in [0.717, 1.165) is 44.0 Å². The molecule has 0 spiro atoms. The molecule has 0 saturated carbocycles. The molecule has 2 saturated heterocycles. The topological polar surface area (TPSA) is 53.6 Å². The van der Waals surface area contributed by atoms with Gasteiger partial charge in [-0.2, -0.15) is 0 Å². The Bertz CT molecular complexity index is 544. The average molecular weight is 352 g/mol. The third-order valence-electron chi connectivity index (χ3n) is 5.02. The molecule has 3 rings (SSSR count).